The molecular weight excluding hydrogens is 607 g/mol. The smallest absolute Gasteiger partial charge is 0.435 e. The average Bonchev–Trinajstić information content (AvgIpc) is 3.58. The molecule has 1 aliphatic heterocycles. The minimum atomic E-state index is -4.79. The van der Waals surface area contributed by atoms with Gasteiger partial charge in [0.1, 0.15) is 0 Å². The molecule has 1 N–H and O–H groups in total. The number of carbonyl (C=O) groups excluding carboxylic acids is 3. The van der Waals surface area contributed by atoms with Crippen molar-refractivity contribution in [1.82, 2.24) is 34.2 Å². The molecule has 0 radical (unpaired) electrons. The number of quaternary nitrogens is 1. The van der Waals surface area contributed by atoms with Gasteiger partial charge in [-0.2, -0.15) is 18.3 Å². The number of imidazole rings is 1. The quantitative estimate of drug-likeness (QED) is 0.259. The summed E-state index contributed by atoms with van der Waals surface area (Å²) in [5.41, 5.74) is -0.863. The lowest BCUT2D eigenvalue weighted by Crippen LogP contribution is -2.56. The molecule has 0 aliphatic carbocycles. The van der Waals surface area contributed by atoms with E-state index >= 15 is 0 Å². The molecule has 0 atom stereocenters. The highest BCUT2D eigenvalue weighted by Gasteiger charge is 2.39. The first kappa shape index (κ1) is 32.1. The van der Waals surface area contributed by atoms with E-state index in [-0.39, 0.29) is 34.0 Å². The third-order valence-corrected chi connectivity index (χ3v) is 7.21. The monoisotopic (exact) mass is 633 g/mol. The number of benzene rings is 1. The van der Waals surface area contributed by atoms with Crippen LogP contribution in [0.4, 0.5) is 18.9 Å². The van der Waals surface area contributed by atoms with Gasteiger partial charge in [-0.3, -0.25) is 9.59 Å². The van der Waals surface area contributed by atoms with Crippen molar-refractivity contribution < 1.29 is 37.1 Å². The topological polar surface area (TPSA) is 151 Å². The predicted molar refractivity (Wildman–Crippen MR) is 150 cm³/mol. The minimum Gasteiger partial charge on any atom is -0.554 e. The Balaban J connectivity index is 0.00000141. The molecule has 3 aromatic heterocycles. The summed E-state index contributed by atoms with van der Waals surface area (Å²) in [6.45, 7) is 2.37. The van der Waals surface area contributed by atoms with Crippen LogP contribution in [0.1, 0.15) is 26.7 Å². The first-order valence-electron chi connectivity index (χ1n) is 13.0. The highest BCUT2D eigenvalue weighted by Crippen LogP contribution is 2.36. The molecule has 2 amide bonds. The molecule has 44 heavy (non-hydrogen) atoms. The molecule has 0 spiro atoms. The van der Waals surface area contributed by atoms with Crippen LogP contribution < -0.4 is 10.4 Å². The van der Waals surface area contributed by atoms with E-state index in [9.17, 15) is 22.8 Å². The van der Waals surface area contributed by atoms with Crippen molar-refractivity contribution in [1.29, 1.82) is 0 Å². The molecule has 1 aliphatic rings. The zero-order valence-corrected chi connectivity index (χ0v) is 24.5. The lowest BCUT2D eigenvalue weighted by Gasteiger charge is -2.39. The Kier molecular flexibility index (Phi) is 9.34. The Morgan fingerprint density at radius 3 is 2.34 bits per heavy atom. The van der Waals surface area contributed by atoms with E-state index in [2.05, 4.69) is 39.5 Å². The fourth-order valence-corrected chi connectivity index (χ4v) is 4.75. The number of piperazine rings is 1. The highest BCUT2D eigenvalue weighted by atomic mass is 35.5. The molecule has 0 unspecified atom stereocenters. The number of amides is 2. The number of hydrogen-bond donors (Lipinski definition) is 1. The van der Waals surface area contributed by atoms with Crippen LogP contribution in [0, 0.1) is 0 Å². The lowest BCUT2D eigenvalue weighted by molar-refractivity contribution is -0.894. The number of rotatable bonds is 5. The van der Waals surface area contributed by atoms with Crippen LogP contribution in [0.5, 0.6) is 0 Å². The maximum absolute atomic E-state index is 13.9. The van der Waals surface area contributed by atoms with Crippen molar-refractivity contribution in [2.24, 2.45) is 7.05 Å². The van der Waals surface area contributed by atoms with Gasteiger partial charge in [-0.15, -0.1) is 0 Å². The zero-order valence-electron chi connectivity index (χ0n) is 23.7. The van der Waals surface area contributed by atoms with Crippen LogP contribution >= 0.6 is 11.6 Å². The SMILES string of the molecule is Cn1c(-c2cn(-c3ncccn3)nc2C(F)(F)F)cnc1C(=O)Nc1ccc(C(=O)N2CC[N+](C)(C)CC2)c(Cl)c1.O=C[O-]. The summed E-state index contributed by atoms with van der Waals surface area (Å²) in [6, 6.07) is 6.05. The van der Waals surface area contributed by atoms with E-state index in [1.807, 2.05) is 0 Å². The molecule has 1 aromatic carbocycles. The Hall–Kier alpha value is -4.83. The molecular formula is C27H27ClF3N9O4. The van der Waals surface area contributed by atoms with Crippen LogP contribution in [0.15, 0.2) is 49.1 Å². The van der Waals surface area contributed by atoms with Gasteiger partial charge in [-0.05, 0) is 24.3 Å². The van der Waals surface area contributed by atoms with Crippen molar-refractivity contribution in [3.63, 3.8) is 0 Å². The van der Waals surface area contributed by atoms with Crippen LogP contribution in [0.2, 0.25) is 5.02 Å². The zero-order chi connectivity index (χ0) is 32.2. The van der Waals surface area contributed by atoms with Crippen LogP contribution in [0.25, 0.3) is 17.2 Å². The fraction of sp³-hybridized carbons (Fsp3) is 0.296. The first-order chi connectivity index (χ1) is 20.8. The van der Waals surface area contributed by atoms with Gasteiger partial charge in [0.2, 0.25) is 5.95 Å². The van der Waals surface area contributed by atoms with Gasteiger partial charge in [0.15, 0.2) is 11.5 Å². The number of hydrogen-bond acceptors (Lipinski definition) is 8. The number of nitrogens with one attached hydrogen (secondary N) is 1. The molecule has 5 rings (SSSR count). The number of halogens is 4. The van der Waals surface area contributed by atoms with E-state index in [0.717, 1.165) is 34.6 Å². The molecule has 1 fully saturated rings. The van der Waals surface area contributed by atoms with Gasteiger partial charge < -0.3 is 29.2 Å². The Bertz CT molecular complexity index is 1660. The van der Waals surface area contributed by atoms with Crippen molar-refractivity contribution in [3.8, 4) is 17.2 Å². The second-order valence-electron chi connectivity index (χ2n) is 10.3. The summed E-state index contributed by atoms with van der Waals surface area (Å²) in [5.74, 6) is -1.07. The van der Waals surface area contributed by atoms with E-state index < -0.39 is 24.2 Å². The van der Waals surface area contributed by atoms with Crippen LogP contribution in [-0.4, -0.2) is 97.2 Å². The normalized spacial score (nSPS) is 14.4. The molecule has 0 bridgehead atoms. The molecule has 0 saturated carbocycles. The molecule has 1 saturated heterocycles. The van der Waals surface area contributed by atoms with Crippen molar-refractivity contribution in [3.05, 3.63) is 71.2 Å². The van der Waals surface area contributed by atoms with Gasteiger partial charge in [0, 0.05) is 37.8 Å². The van der Waals surface area contributed by atoms with E-state index in [1.165, 1.54) is 48.3 Å². The van der Waals surface area contributed by atoms with Gasteiger partial charge >= 0.3 is 6.18 Å². The van der Waals surface area contributed by atoms with Crippen LogP contribution in [-0.2, 0) is 18.0 Å². The predicted octanol–water partition coefficient (Wildman–Crippen LogP) is 1.89. The molecule has 4 aromatic rings. The maximum Gasteiger partial charge on any atom is 0.435 e. The number of likely N-dealkylation sites (N-methyl/N-ethyl adjacent to an activating group) is 1. The molecule has 4 heterocycles. The third kappa shape index (κ3) is 7.03. The number of anilines is 1. The Morgan fingerprint density at radius 1 is 1.11 bits per heavy atom. The number of nitrogens with zero attached hydrogens (tertiary/aromatic N) is 8. The summed E-state index contributed by atoms with van der Waals surface area (Å²) >= 11 is 6.41. The first-order valence-corrected chi connectivity index (χ1v) is 13.4. The number of aromatic nitrogens is 6. The summed E-state index contributed by atoms with van der Waals surface area (Å²) in [4.78, 5) is 48.0. The number of carbonyl (C=O) groups is 3. The summed E-state index contributed by atoms with van der Waals surface area (Å²) in [7, 11) is 5.64. The van der Waals surface area contributed by atoms with Gasteiger partial charge in [0.25, 0.3) is 11.8 Å². The average molecular weight is 634 g/mol. The molecule has 232 valence electrons. The maximum atomic E-state index is 13.9. The number of alkyl halides is 3. The summed E-state index contributed by atoms with van der Waals surface area (Å²) < 4.78 is 44.6. The van der Waals surface area contributed by atoms with Crippen molar-refractivity contribution in [2.75, 3.05) is 45.6 Å². The van der Waals surface area contributed by atoms with Gasteiger partial charge in [-0.25, -0.2) is 19.6 Å². The second kappa shape index (κ2) is 12.8. The van der Waals surface area contributed by atoms with Crippen molar-refractivity contribution >= 4 is 35.6 Å². The largest absolute Gasteiger partial charge is 0.554 e. The van der Waals surface area contributed by atoms with E-state index in [0.29, 0.717) is 24.3 Å². The third-order valence-electron chi connectivity index (χ3n) is 6.90. The molecule has 13 nitrogen and oxygen atoms in total. The minimum absolute atomic E-state index is 0.00645. The van der Waals surface area contributed by atoms with E-state index in [4.69, 9.17) is 21.5 Å². The van der Waals surface area contributed by atoms with Crippen LogP contribution in [0.3, 0.4) is 0 Å². The Morgan fingerprint density at radius 2 is 1.75 bits per heavy atom. The lowest BCUT2D eigenvalue weighted by atomic mass is 10.1. The van der Waals surface area contributed by atoms with Gasteiger partial charge in [0.05, 0.1) is 68.3 Å². The Labute approximate surface area is 254 Å². The number of carboxylic acid groups (broad SMARTS) is 1. The van der Waals surface area contributed by atoms with E-state index in [1.54, 1.807) is 4.90 Å². The fourth-order valence-electron chi connectivity index (χ4n) is 4.49. The van der Waals surface area contributed by atoms with Gasteiger partial charge in [-0.1, -0.05) is 11.6 Å². The summed E-state index contributed by atoms with van der Waals surface area (Å²) in [5, 5.41) is 14.7. The second-order valence-corrected chi connectivity index (χ2v) is 10.7. The van der Waals surface area contributed by atoms with Crippen molar-refractivity contribution in [2.45, 2.75) is 6.18 Å². The summed E-state index contributed by atoms with van der Waals surface area (Å²) in [6.07, 6.45) is 0.263. The standard InChI is InChI=1S/C26H25ClF3N9O2.CH2O2/c1-36-20(18-15-38(25-31-7-4-8-32-25)35-21(18)26(28,29)30)14-33-22(36)23(40)34-16-5-6-17(19(27)13-16)24(41)37-9-11-39(2,3)12-10-37;2-1-3/h4-8,13-15H,9-12H2,1-3H3;1H,(H,2,3). The molecule has 17 heteroatoms. The highest BCUT2D eigenvalue weighted by molar-refractivity contribution is 6.34.